The van der Waals surface area contributed by atoms with E-state index in [1.54, 1.807) is 12.3 Å². The number of carboxylic acids is 1. The number of hydrogen-bond acceptors (Lipinski definition) is 6. The number of carboxylic acid groups (broad SMARTS) is 1. The van der Waals surface area contributed by atoms with Crippen molar-refractivity contribution in [2.75, 3.05) is 5.75 Å². The van der Waals surface area contributed by atoms with Crippen LogP contribution in [0.15, 0.2) is 21.9 Å². The second-order valence-corrected chi connectivity index (χ2v) is 4.44. The molecule has 8 heteroatoms. The Balaban J connectivity index is 2.19. The fourth-order valence-electron chi connectivity index (χ4n) is 1.45. The molecule has 2 heterocycles. The van der Waals surface area contributed by atoms with E-state index in [1.165, 1.54) is 0 Å². The molecule has 0 saturated carbocycles. The first kappa shape index (κ1) is 12.6. The third-order valence-corrected chi connectivity index (χ3v) is 3.19. The van der Waals surface area contributed by atoms with Gasteiger partial charge in [-0.15, -0.1) is 10.2 Å². The average Bonchev–Trinajstić information content (AvgIpc) is 2.97. The maximum absolute atomic E-state index is 10.6. The van der Waals surface area contributed by atoms with Crippen molar-refractivity contribution in [2.45, 2.75) is 25.0 Å². The summed E-state index contributed by atoms with van der Waals surface area (Å²) in [5.41, 5.74) is 0. The van der Waals surface area contributed by atoms with Gasteiger partial charge in [-0.1, -0.05) is 23.8 Å². The van der Waals surface area contributed by atoms with E-state index >= 15 is 0 Å². The Labute approximate surface area is 107 Å². The highest BCUT2D eigenvalue weighted by atomic mass is 32.2. The van der Waals surface area contributed by atoms with Crippen LogP contribution in [-0.2, 0) is 17.8 Å². The summed E-state index contributed by atoms with van der Waals surface area (Å²) >= 11 is 1.14. The number of aryl methyl sites for hydroxylation is 1. The van der Waals surface area contributed by atoms with Crippen LogP contribution in [0.25, 0.3) is 0 Å². The van der Waals surface area contributed by atoms with Gasteiger partial charge in [0.1, 0.15) is 5.82 Å². The van der Waals surface area contributed by atoms with Crippen LogP contribution in [0.5, 0.6) is 0 Å². The molecule has 0 spiro atoms. The van der Waals surface area contributed by atoms with Gasteiger partial charge in [0.05, 0.1) is 18.5 Å². The summed E-state index contributed by atoms with van der Waals surface area (Å²) in [5.74, 6) is 0.548. The molecule has 0 amide bonds. The van der Waals surface area contributed by atoms with E-state index in [2.05, 4.69) is 15.4 Å². The summed E-state index contributed by atoms with van der Waals surface area (Å²) in [5, 5.41) is 20.9. The topological polar surface area (TPSA) is 94.0 Å². The van der Waals surface area contributed by atoms with Crippen molar-refractivity contribution in [3.8, 4) is 0 Å². The Morgan fingerprint density at radius 2 is 2.39 bits per heavy atom. The van der Waals surface area contributed by atoms with Crippen LogP contribution in [0.4, 0.5) is 0 Å². The van der Waals surface area contributed by atoms with Crippen molar-refractivity contribution in [1.82, 2.24) is 19.9 Å². The monoisotopic (exact) mass is 268 g/mol. The number of hydrogen-bond donors (Lipinski definition) is 1. The SMILES string of the molecule is CCc1nnc(SCC(=O)O)n1Cc1ccno1. The summed E-state index contributed by atoms with van der Waals surface area (Å²) in [4.78, 5) is 10.6. The smallest absolute Gasteiger partial charge is 0.313 e. The normalized spacial score (nSPS) is 10.7. The highest BCUT2D eigenvalue weighted by molar-refractivity contribution is 7.99. The van der Waals surface area contributed by atoms with Gasteiger partial charge >= 0.3 is 5.97 Å². The van der Waals surface area contributed by atoms with Gasteiger partial charge in [0.2, 0.25) is 0 Å². The van der Waals surface area contributed by atoms with Gasteiger partial charge in [-0.05, 0) is 0 Å². The molecular formula is C10H12N4O3S. The van der Waals surface area contributed by atoms with Crippen LogP contribution in [0.2, 0.25) is 0 Å². The minimum atomic E-state index is -0.882. The zero-order valence-electron chi connectivity index (χ0n) is 9.74. The average molecular weight is 268 g/mol. The first-order chi connectivity index (χ1) is 8.70. The molecule has 0 saturated heterocycles. The molecule has 0 bridgehead atoms. The van der Waals surface area contributed by atoms with Crippen LogP contribution in [0.3, 0.4) is 0 Å². The van der Waals surface area contributed by atoms with Crippen molar-refractivity contribution in [3.63, 3.8) is 0 Å². The molecular weight excluding hydrogens is 256 g/mol. The van der Waals surface area contributed by atoms with E-state index in [9.17, 15) is 4.79 Å². The van der Waals surface area contributed by atoms with E-state index in [1.807, 2.05) is 11.5 Å². The molecule has 0 atom stereocenters. The van der Waals surface area contributed by atoms with E-state index < -0.39 is 5.97 Å². The quantitative estimate of drug-likeness (QED) is 0.782. The standard InChI is InChI=1S/C10H12N4O3S/c1-2-8-12-13-10(18-6-9(15)16)14(8)5-7-3-4-11-17-7/h3-4H,2,5-6H2,1H3,(H,15,16). The molecule has 2 rings (SSSR count). The van der Waals surface area contributed by atoms with E-state index in [0.717, 1.165) is 24.0 Å². The first-order valence-electron chi connectivity index (χ1n) is 5.37. The highest BCUT2D eigenvalue weighted by Crippen LogP contribution is 2.18. The summed E-state index contributed by atoms with van der Waals surface area (Å²) < 4.78 is 6.88. The molecule has 2 aromatic rings. The molecule has 1 N–H and O–H groups in total. The van der Waals surface area contributed by atoms with Crippen molar-refractivity contribution in [2.24, 2.45) is 0 Å². The van der Waals surface area contributed by atoms with Crippen molar-refractivity contribution in [1.29, 1.82) is 0 Å². The van der Waals surface area contributed by atoms with Gasteiger partial charge < -0.3 is 9.63 Å². The molecule has 18 heavy (non-hydrogen) atoms. The molecule has 0 radical (unpaired) electrons. The van der Waals surface area contributed by atoms with Crippen molar-refractivity contribution < 1.29 is 14.4 Å². The van der Waals surface area contributed by atoms with Crippen LogP contribution in [0, 0.1) is 0 Å². The lowest BCUT2D eigenvalue weighted by molar-refractivity contribution is -0.133. The highest BCUT2D eigenvalue weighted by Gasteiger charge is 2.14. The third-order valence-electron chi connectivity index (χ3n) is 2.24. The molecule has 0 aliphatic rings. The fraction of sp³-hybridized carbons (Fsp3) is 0.400. The number of nitrogens with zero attached hydrogens (tertiary/aromatic N) is 4. The van der Waals surface area contributed by atoms with Crippen molar-refractivity contribution in [3.05, 3.63) is 23.8 Å². The Hall–Kier alpha value is -1.83. The van der Waals surface area contributed by atoms with Crippen molar-refractivity contribution >= 4 is 17.7 Å². The second-order valence-electron chi connectivity index (χ2n) is 3.50. The minimum absolute atomic E-state index is 0.0434. The molecule has 96 valence electrons. The minimum Gasteiger partial charge on any atom is -0.481 e. The van der Waals surface area contributed by atoms with E-state index in [0.29, 0.717) is 17.5 Å². The van der Waals surface area contributed by atoms with Gasteiger partial charge in [0.15, 0.2) is 10.9 Å². The number of aliphatic carboxylic acids is 1. The maximum Gasteiger partial charge on any atom is 0.313 e. The fourth-order valence-corrected chi connectivity index (χ4v) is 2.13. The zero-order valence-corrected chi connectivity index (χ0v) is 10.6. The van der Waals surface area contributed by atoms with Gasteiger partial charge in [0, 0.05) is 12.5 Å². The Bertz CT molecular complexity index is 523. The summed E-state index contributed by atoms with van der Waals surface area (Å²) in [7, 11) is 0. The van der Waals surface area contributed by atoms with Crippen LogP contribution >= 0.6 is 11.8 Å². The number of thioether (sulfide) groups is 1. The Kier molecular flexibility index (Phi) is 3.98. The number of carbonyl (C=O) groups is 1. The van der Waals surface area contributed by atoms with Gasteiger partial charge in [-0.3, -0.25) is 9.36 Å². The molecule has 0 aliphatic heterocycles. The zero-order chi connectivity index (χ0) is 13.0. The molecule has 7 nitrogen and oxygen atoms in total. The lowest BCUT2D eigenvalue weighted by atomic mass is 10.4. The number of aromatic nitrogens is 4. The van der Waals surface area contributed by atoms with Gasteiger partial charge in [0.25, 0.3) is 0 Å². The maximum atomic E-state index is 10.6. The molecule has 0 unspecified atom stereocenters. The lowest BCUT2D eigenvalue weighted by Crippen LogP contribution is -2.07. The van der Waals surface area contributed by atoms with Gasteiger partial charge in [-0.25, -0.2) is 0 Å². The molecule has 2 aromatic heterocycles. The summed E-state index contributed by atoms with van der Waals surface area (Å²) in [6.07, 6.45) is 2.28. The first-order valence-corrected chi connectivity index (χ1v) is 6.35. The largest absolute Gasteiger partial charge is 0.481 e. The Morgan fingerprint density at radius 3 is 3.00 bits per heavy atom. The summed E-state index contributed by atoms with van der Waals surface area (Å²) in [6.45, 7) is 2.42. The Morgan fingerprint density at radius 1 is 1.56 bits per heavy atom. The van der Waals surface area contributed by atoms with Crippen LogP contribution in [0.1, 0.15) is 18.5 Å². The van der Waals surface area contributed by atoms with E-state index in [4.69, 9.17) is 9.63 Å². The van der Waals surface area contributed by atoms with E-state index in [-0.39, 0.29) is 5.75 Å². The third kappa shape index (κ3) is 2.89. The molecule has 0 aliphatic carbocycles. The second kappa shape index (κ2) is 5.67. The molecule has 0 fully saturated rings. The molecule has 0 aromatic carbocycles. The summed E-state index contributed by atoms with van der Waals surface area (Å²) in [6, 6.07) is 1.76. The van der Waals surface area contributed by atoms with Crippen LogP contribution in [-0.4, -0.2) is 36.7 Å². The predicted molar refractivity (Wildman–Crippen MR) is 63.4 cm³/mol. The van der Waals surface area contributed by atoms with Crippen LogP contribution < -0.4 is 0 Å². The lowest BCUT2D eigenvalue weighted by Gasteiger charge is -2.05. The van der Waals surface area contributed by atoms with Gasteiger partial charge in [-0.2, -0.15) is 0 Å². The number of rotatable bonds is 6. The predicted octanol–water partition coefficient (Wildman–Crippen LogP) is 1.05.